The Morgan fingerprint density at radius 3 is 2.68 bits per heavy atom. The highest BCUT2D eigenvalue weighted by Gasteiger charge is 2.08. The third-order valence-electron chi connectivity index (χ3n) is 5.66. The normalized spacial score (nSPS) is 11.4. The van der Waals surface area contributed by atoms with Gasteiger partial charge in [-0.05, 0) is 58.8 Å². The summed E-state index contributed by atoms with van der Waals surface area (Å²) in [6.07, 6.45) is 7.35. The van der Waals surface area contributed by atoms with E-state index in [0.717, 1.165) is 28.6 Å². The molecule has 3 heterocycles. The molecule has 31 heavy (non-hydrogen) atoms. The van der Waals surface area contributed by atoms with Gasteiger partial charge in [-0.3, -0.25) is 0 Å². The predicted molar refractivity (Wildman–Crippen MR) is 126 cm³/mol. The average molecular weight is 412 g/mol. The van der Waals surface area contributed by atoms with Crippen molar-refractivity contribution in [3.8, 4) is 0 Å². The van der Waals surface area contributed by atoms with Crippen LogP contribution in [-0.4, -0.2) is 26.5 Å². The van der Waals surface area contributed by atoms with E-state index >= 15 is 0 Å². The number of nitrogen functional groups attached to an aromatic ring is 1. The standard InChI is InChI=1S/C24H25N7/c25-12-16-2-4-22-20(11-16)18(13-29-22)6-8-28-24-30-14-19(23(26)31-24)10-15-1-3-21-17(9-15)5-7-27-21/h1-5,7,9,11,13-14,27,29H,6,8,10,12,25H2,(H3,26,28,30,31). The van der Waals surface area contributed by atoms with Gasteiger partial charge in [-0.15, -0.1) is 0 Å². The van der Waals surface area contributed by atoms with Crippen LogP contribution >= 0.6 is 0 Å². The number of fused-ring (bicyclic) bond motifs is 2. The summed E-state index contributed by atoms with van der Waals surface area (Å²) in [6.45, 7) is 1.25. The summed E-state index contributed by atoms with van der Waals surface area (Å²) in [5.41, 5.74) is 18.7. The second-order valence-electron chi connectivity index (χ2n) is 7.75. The highest BCUT2D eigenvalue weighted by atomic mass is 15.1. The van der Waals surface area contributed by atoms with Gasteiger partial charge < -0.3 is 26.8 Å². The van der Waals surface area contributed by atoms with Gasteiger partial charge in [0, 0.05) is 60.1 Å². The van der Waals surface area contributed by atoms with Crippen LogP contribution in [0.5, 0.6) is 0 Å². The number of aromatic nitrogens is 4. The fraction of sp³-hybridized carbons (Fsp3) is 0.167. The van der Waals surface area contributed by atoms with Crippen molar-refractivity contribution in [2.75, 3.05) is 17.6 Å². The number of nitrogens with one attached hydrogen (secondary N) is 3. The van der Waals surface area contributed by atoms with E-state index in [2.05, 4.69) is 67.7 Å². The number of nitrogens with zero attached hydrogens (tertiary/aromatic N) is 2. The first kappa shape index (κ1) is 19.1. The van der Waals surface area contributed by atoms with Crippen molar-refractivity contribution in [3.63, 3.8) is 0 Å². The van der Waals surface area contributed by atoms with Crippen molar-refractivity contribution in [2.24, 2.45) is 5.73 Å². The summed E-state index contributed by atoms with van der Waals surface area (Å²) in [5, 5.41) is 5.68. The Hall–Kier alpha value is -3.84. The Morgan fingerprint density at radius 1 is 0.935 bits per heavy atom. The number of rotatable bonds is 7. The Morgan fingerprint density at radius 2 is 1.81 bits per heavy atom. The van der Waals surface area contributed by atoms with Gasteiger partial charge >= 0.3 is 0 Å². The van der Waals surface area contributed by atoms with Crippen molar-refractivity contribution in [3.05, 3.63) is 83.3 Å². The molecule has 3 aromatic heterocycles. The maximum absolute atomic E-state index is 6.22. The molecule has 7 heteroatoms. The SMILES string of the molecule is NCc1ccc2[nH]cc(CCNc3ncc(Cc4ccc5[nH]ccc5c4)c(N)n3)c2c1. The molecule has 0 aliphatic carbocycles. The lowest BCUT2D eigenvalue weighted by molar-refractivity contribution is 0.982. The summed E-state index contributed by atoms with van der Waals surface area (Å²) in [6, 6.07) is 14.7. The largest absolute Gasteiger partial charge is 0.383 e. The van der Waals surface area contributed by atoms with Crippen LogP contribution in [0, 0.1) is 0 Å². The molecular formula is C24H25N7. The molecule has 0 aliphatic heterocycles. The first-order valence-electron chi connectivity index (χ1n) is 10.4. The smallest absolute Gasteiger partial charge is 0.224 e. The highest BCUT2D eigenvalue weighted by Crippen LogP contribution is 2.21. The van der Waals surface area contributed by atoms with E-state index in [4.69, 9.17) is 11.5 Å². The molecule has 5 rings (SSSR count). The second-order valence-corrected chi connectivity index (χ2v) is 7.75. The molecule has 5 aromatic rings. The molecule has 0 saturated carbocycles. The van der Waals surface area contributed by atoms with Crippen molar-refractivity contribution in [2.45, 2.75) is 19.4 Å². The van der Waals surface area contributed by atoms with Gasteiger partial charge in [0.05, 0.1) is 0 Å². The predicted octanol–water partition coefficient (Wildman–Crippen LogP) is 3.73. The van der Waals surface area contributed by atoms with Crippen LogP contribution in [0.25, 0.3) is 21.8 Å². The Bertz CT molecular complexity index is 1350. The summed E-state index contributed by atoms with van der Waals surface area (Å²) in [4.78, 5) is 15.4. The highest BCUT2D eigenvalue weighted by molar-refractivity contribution is 5.84. The summed E-state index contributed by atoms with van der Waals surface area (Å²) in [7, 11) is 0. The fourth-order valence-corrected chi connectivity index (χ4v) is 3.94. The van der Waals surface area contributed by atoms with E-state index in [0.29, 0.717) is 31.3 Å². The van der Waals surface area contributed by atoms with Crippen molar-refractivity contribution >= 4 is 33.6 Å². The minimum atomic E-state index is 0.506. The van der Waals surface area contributed by atoms with Gasteiger partial charge in [0.1, 0.15) is 5.82 Å². The third kappa shape index (κ3) is 3.95. The maximum Gasteiger partial charge on any atom is 0.224 e. The average Bonchev–Trinajstić information content (AvgIpc) is 3.42. The fourth-order valence-electron chi connectivity index (χ4n) is 3.94. The number of nitrogens with two attached hydrogens (primary N) is 2. The molecule has 0 bridgehead atoms. The van der Waals surface area contributed by atoms with Crippen LogP contribution in [0.1, 0.15) is 22.3 Å². The minimum absolute atomic E-state index is 0.506. The van der Waals surface area contributed by atoms with Crippen molar-refractivity contribution in [1.82, 2.24) is 19.9 Å². The summed E-state index contributed by atoms with van der Waals surface area (Å²) in [5.74, 6) is 1.05. The van der Waals surface area contributed by atoms with E-state index in [1.807, 2.05) is 18.6 Å². The minimum Gasteiger partial charge on any atom is -0.383 e. The first-order chi connectivity index (χ1) is 15.2. The number of benzene rings is 2. The molecule has 0 saturated heterocycles. The molecule has 0 aliphatic rings. The van der Waals surface area contributed by atoms with Gasteiger partial charge in [0.15, 0.2) is 0 Å². The molecule has 0 spiro atoms. The topological polar surface area (TPSA) is 121 Å². The molecule has 0 amide bonds. The molecule has 2 aromatic carbocycles. The second kappa shape index (κ2) is 8.12. The molecule has 7 nitrogen and oxygen atoms in total. The lowest BCUT2D eigenvalue weighted by Crippen LogP contribution is -2.10. The number of anilines is 2. The Labute approximate surface area is 179 Å². The van der Waals surface area contributed by atoms with E-state index in [9.17, 15) is 0 Å². The van der Waals surface area contributed by atoms with E-state index in [1.165, 1.54) is 21.9 Å². The zero-order valence-corrected chi connectivity index (χ0v) is 17.2. The van der Waals surface area contributed by atoms with Crippen LogP contribution in [0.2, 0.25) is 0 Å². The Kier molecular flexibility index (Phi) is 5.01. The lowest BCUT2D eigenvalue weighted by Gasteiger charge is -2.09. The lowest BCUT2D eigenvalue weighted by atomic mass is 10.1. The zero-order valence-electron chi connectivity index (χ0n) is 17.2. The number of aromatic amines is 2. The van der Waals surface area contributed by atoms with E-state index < -0.39 is 0 Å². The first-order valence-corrected chi connectivity index (χ1v) is 10.4. The molecular weight excluding hydrogens is 386 g/mol. The number of H-pyrrole nitrogens is 2. The number of hydrogen-bond acceptors (Lipinski definition) is 5. The molecule has 0 radical (unpaired) electrons. The van der Waals surface area contributed by atoms with E-state index in [-0.39, 0.29) is 0 Å². The maximum atomic E-state index is 6.22. The quantitative estimate of drug-likeness (QED) is 0.279. The van der Waals surface area contributed by atoms with Gasteiger partial charge in [-0.25, -0.2) is 4.98 Å². The molecule has 0 atom stereocenters. The molecule has 0 fully saturated rings. The van der Waals surface area contributed by atoms with Gasteiger partial charge in [0.2, 0.25) is 5.95 Å². The molecule has 0 unspecified atom stereocenters. The Balaban J connectivity index is 1.24. The third-order valence-corrected chi connectivity index (χ3v) is 5.66. The van der Waals surface area contributed by atoms with Crippen molar-refractivity contribution in [1.29, 1.82) is 0 Å². The van der Waals surface area contributed by atoms with Crippen LogP contribution in [0.15, 0.2) is 61.1 Å². The van der Waals surface area contributed by atoms with Crippen LogP contribution in [-0.2, 0) is 19.4 Å². The monoisotopic (exact) mass is 411 g/mol. The van der Waals surface area contributed by atoms with E-state index in [1.54, 1.807) is 0 Å². The molecule has 7 N–H and O–H groups in total. The van der Waals surface area contributed by atoms with Crippen LogP contribution in [0.3, 0.4) is 0 Å². The van der Waals surface area contributed by atoms with Crippen molar-refractivity contribution < 1.29 is 0 Å². The van der Waals surface area contributed by atoms with Crippen LogP contribution in [0.4, 0.5) is 11.8 Å². The zero-order chi connectivity index (χ0) is 21.2. The van der Waals surface area contributed by atoms with Crippen LogP contribution < -0.4 is 16.8 Å². The molecule has 156 valence electrons. The van der Waals surface area contributed by atoms with Gasteiger partial charge in [-0.2, -0.15) is 4.98 Å². The summed E-state index contributed by atoms with van der Waals surface area (Å²) >= 11 is 0. The number of hydrogen-bond donors (Lipinski definition) is 5. The van der Waals surface area contributed by atoms with Gasteiger partial charge in [0.25, 0.3) is 0 Å². The summed E-state index contributed by atoms with van der Waals surface area (Å²) < 4.78 is 0. The van der Waals surface area contributed by atoms with Gasteiger partial charge in [-0.1, -0.05) is 12.1 Å².